The highest BCUT2D eigenvalue weighted by Crippen LogP contribution is 2.35. The molecule has 0 aromatic heterocycles. The van der Waals surface area contributed by atoms with Crippen LogP contribution in [0.5, 0.6) is 0 Å². The lowest BCUT2D eigenvalue weighted by molar-refractivity contribution is 0.557. The van der Waals surface area contributed by atoms with Crippen LogP contribution in [0.3, 0.4) is 0 Å². The second-order valence-electron chi connectivity index (χ2n) is 8.10. The summed E-state index contributed by atoms with van der Waals surface area (Å²) >= 11 is 0. The van der Waals surface area contributed by atoms with Gasteiger partial charge in [-0.2, -0.15) is 4.72 Å². The molecule has 3 aromatic rings. The fourth-order valence-corrected chi connectivity index (χ4v) is 5.20. The molecule has 3 nitrogen and oxygen atoms in total. The van der Waals surface area contributed by atoms with Gasteiger partial charge in [0, 0.05) is 11.1 Å². The van der Waals surface area contributed by atoms with E-state index in [0.717, 1.165) is 53.5 Å². The fourth-order valence-electron chi connectivity index (χ4n) is 3.99. The van der Waals surface area contributed by atoms with Crippen LogP contribution >= 0.6 is 0 Å². The minimum atomic E-state index is -3.70. The summed E-state index contributed by atoms with van der Waals surface area (Å²) in [5.41, 5.74) is 5.03. The van der Waals surface area contributed by atoms with Gasteiger partial charge in [-0.3, -0.25) is 0 Å². The highest BCUT2D eigenvalue weighted by Gasteiger charge is 2.27. The van der Waals surface area contributed by atoms with E-state index in [1.807, 2.05) is 79.7 Å². The molecular formula is C28H27NO2S. The fraction of sp³-hybridized carbons (Fsp3) is 0.214. The van der Waals surface area contributed by atoms with Gasteiger partial charge in [0.25, 0.3) is 0 Å². The molecule has 4 heteroatoms. The number of benzene rings is 3. The van der Waals surface area contributed by atoms with Crippen LogP contribution in [0.2, 0.25) is 0 Å². The van der Waals surface area contributed by atoms with Gasteiger partial charge in [0.2, 0.25) is 10.0 Å². The van der Waals surface area contributed by atoms with E-state index in [0.29, 0.717) is 0 Å². The Hall–Kier alpha value is -3.13. The Balaban J connectivity index is 1.76. The number of sulfonamides is 1. The molecule has 0 saturated heterocycles. The van der Waals surface area contributed by atoms with Gasteiger partial charge in [-0.15, -0.1) is 0 Å². The summed E-state index contributed by atoms with van der Waals surface area (Å²) in [6, 6.07) is 26.2. The Labute approximate surface area is 191 Å². The number of aryl methyl sites for hydroxylation is 1. The van der Waals surface area contributed by atoms with Gasteiger partial charge in [0.1, 0.15) is 0 Å². The largest absolute Gasteiger partial charge is 0.241 e. The van der Waals surface area contributed by atoms with Crippen molar-refractivity contribution in [3.8, 4) is 11.8 Å². The lowest BCUT2D eigenvalue weighted by atomic mass is 9.85. The number of nitrogens with one attached hydrogen (secondary N) is 1. The second kappa shape index (κ2) is 9.99. The van der Waals surface area contributed by atoms with Crippen molar-refractivity contribution in [3.63, 3.8) is 0 Å². The molecule has 0 saturated carbocycles. The average Bonchev–Trinajstić information content (AvgIpc) is 2.83. The summed E-state index contributed by atoms with van der Waals surface area (Å²) in [4.78, 5) is 0.275. The van der Waals surface area contributed by atoms with Crippen LogP contribution in [-0.4, -0.2) is 8.42 Å². The van der Waals surface area contributed by atoms with Crippen molar-refractivity contribution in [3.05, 3.63) is 113 Å². The Bertz CT molecular complexity index is 1250. The van der Waals surface area contributed by atoms with Gasteiger partial charge in [-0.25, -0.2) is 8.42 Å². The number of hydrogen-bond acceptors (Lipinski definition) is 2. The van der Waals surface area contributed by atoms with Gasteiger partial charge >= 0.3 is 0 Å². The highest BCUT2D eigenvalue weighted by molar-refractivity contribution is 7.89. The zero-order chi connectivity index (χ0) is 22.4. The maximum Gasteiger partial charge on any atom is 0.241 e. The molecule has 0 heterocycles. The van der Waals surface area contributed by atoms with E-state index < -0.39 is 16.1 Å². The SMILES string of the molecule is Cc1ccc(S(=O)(=O)NC(C2=C(C#Cc3ccccc3)CCCC2)c2ccccc2)cc1. The van der Waals surface area contributed by atoms with Gasteiger partial charge in [-0.1, -0.05) is 78.1 Å². The van der Waals surface area contributed by atoms with E-state index in [9.17, 15) is 8.42 Å². The molecule has 0 fully saturated rings. The Morgan fingerprint density at radius 2 is 1.41 bits per heavy atom. The van der Waals surface area contributed by atoms with Crippen molar-refractivity contribution >= 4 is 10.0 Å². The van der Waals surface area contributed by atoms with E-state index in [1.54, 1.807) is 12.1 Å². The summed E-state index contributed by atoms with van der Waals surface area (Å²) in [6.45, 7) is 1.95. The van der Waals surface area contributed by atoms with Crippen molar-refractivity contribution < 1.29 is 8.42 Å². The molecule has 32 heavy (non-hydrogen) atoms. The van der Waals surface area contributed by atoms with Crippen LogP contribution in [0.1, 0.15) is 48.4 Å². The molecule has 1 atom stereocenters. The lowest BCUT2D eigenvalue weighted by Gasteiger charge is -2.27. The number of hydrogen-bond donors (Lipinski definition) is 1. The molecule has 0 bridgehead atoms. The third-order valence-corrected chi connectivity index (χ3v) is 7.17. The second-order valence-corrected chi connectivity index (χ2v) is 9.82. The summed E-state index contributed by atoms with van der Waals surface area (Å²) in [7, 11) is -3.70. The molecule has 162 valence electrons. The number of rotatable bonds is 5. The molecule has 1 unspecified atom stereocenters. The number of allylic oxidation sites excluding steroid dienone is 1. The van der Waals surface area contributed by atoms with Crippen molar-refractivity contribution in [2.24, 2.45) is 0 Å². The summed E-state index contributed by atoms with van der Waals surface area (Å²) in [5.74, 6) is 6.63. The van der Waals surface area contributed by atoms with Gasteiger partial charge < -0.3 is 0 Å². The van der Waals surface area contributed by atoms with Gasteiger partial charge in [-0.05, 0) is 68.0 Å². The molecule has 1 aliphatic rings. The average molecular weight is 442 g/mol. The van der Waals surface area contributed by atoms with Crippen LogP contribution in [0.25, 0.3) is 0 Å². The Morgan fingerprint density at radius 3 is 2.09 bits per heavy atom. The third kappa shape index (κ3) is 5.37. The maximum absolute atomic E-state index is 13.3. The van der Waals surface area contributed by atoms with Gasteiger partial charge in [0.05, 0.1) is 10.9 Å². The van der Waals surface area contributed by atoms with E-state index in [4.69, 9.17) is 0 Å². The van der Waals surface area contributed by atoms with E-state index in [-0.39, 0.29) is 4.90 Å². The highest BCUT2D eigenvalue weighted by atomic mass is 32.2. The topological polar surface area (TPSA) is 46.2 Å². The van der Waals surface area contributed by atoms with Crippen molar-refractivity contribution in [2.45, 2.75) is 43.5 Å². The van der Waals surface area contributed by atoms with Crippen LogP contribution < -0.4 is 4.72 Å². The molecular weight excluding hydrogens is 414 g/mol. The molecule has 3 aromatic carbocycles. The molecule has 1 N–H and O–H groups in total. The standard InChI is InChI=1S/C28H27NO2S/c1-22-16-20-26(21-17-22)32(30,31)29-28(25-13-6-3-7-14-25)27-15-9-8-12-24(27)19-18-23-10-4-2-5-11-23/h2-7,10-11,13-14,16-17,20-21,28-29H,8-9,12,15H2,1H3. The minimum Gasteiger partial charge on any atom is -0.207 e. The van der Waals surface area contributed by atoms with Crippen LogP contribution in [-0.2, 0) is 10.0 Å². The molecule has 0 radical (unpaired) electrons. The minimum absolute atomic E-state index is 0.275. The van der Waals surface area contributed by atoms with Crippen molar-refractivity contribution in [1.29, 1.82) is 0 Å². The maximum atomic E-state index is 13.3. The summed E-state index contributed by atoms with van der Waals surface area (Å²) in [5, 5.41) is 0. The normalized spacial score (nSPS) is 15.0. The molecule has 0 amide bonds. The molecule has 0 aliphatic heterocycles. The van der Waals surface area contributed by atoms with Gasteiger partial charge in [0.15, 0.2) is 0 Å². The summed E-state index contributed by atoms with van der Waals surface area (Å²) < 4.78 is 29.6. The van der Waals surface area contributed by atoms with Crippen LogP contribution in [0.4, 0.5) is 0 Å². The Kier molecular flexibility index (Phi) is 6.90. The quantitative estimate of drug-likeness (QED) is 0.498. The zero-order valence-corrected chi connectivity index (χ0v) is 19.0. The first-order chi connectivity index (χ1) is 15.5. The first kappa shape index (κ1) is 22.1. The molecule has 0 spiro atoms. The Morgan fingerprint density at radius 1 is 0.781 bits per heavy atom. The zero-order valence-electron chi connectivity index (χ0n) is 18.2. The lowest BCUT2D eigenvalue weighted by Crippen LogP contribution is -2.31. The van der Waals surface area contributed by atoms with E-state index in [2.05, 4.69) is 16.6 Å². The van der Waals surface area contributed by atoms with E-state index in [1.165, 1.54) is 0 Å². The van der Waals surface area contributed by atoms with Crippen LogP contribution in [0, 0.1) is 18.8 Å². The first-order valence-corrected chi connectivity index (χ1v) is 12.4. The molecule has 1 aliphatic carbocycles. The monoisotopic (exact) mass is 441 g/mol. The predicted molar refractivity (Wildman–Crippen MR) is 129 cm³/mol. The smallest absolute Gasteiger partial charge is 0.207 e. The van der Waals surface area contributed by atoms with Crippen molar-refractivity contribution in [1.82, 2.24) is 4.72 Å². The first-order valence-electron chi connectivity index (χ1n) is 11.0. The molecule has 4 rings (SSSR count). The van der Waals surface area contributed by atoms with Crippen molar-refractivity contribution in [2.75, 3.05) is 0 Å². The third-order valence-electron chi connectivity index (χ3n) is 5.73. The van der Waals surface area contributed by atoms with Crippen LogP contribution in [0.15, 0.2) is 101 Å². The predicted octanol–water partition coefficient (Wildman–Crippen LogP) is 5.94. The van der Waals surface area contributed by atoms with E-state index >= 15 is 0 Å². The summed E-state index contributed by atoms with van der Waals surface area (Å²) in [6.07, 6.45) is 3.79.